The van der Waals surface area contributed by atoms with E-state index in [0.717, 1.165) is 37.8 Å². The number of ketones is 1. The topological polar surface area (TPSA) is 23.6 Å². The fraction of sp³-hybridized carbons (Fsp3) is 0.533. The highest BCUT2D eigenvalue weighted by atomic mass is 19.1. The largest absolute Gasteiger partial charge is 0.304 e. The number of Topliss-reactive ketones (excluding diaryl/α,β-unsaturated/α-hetero) is 1. The van der Waals surface area contributed by atoms with Crippen molar-refractivity contribution in [1.29, 1.82) is 0 Å². The molecule has 0 aliphatic carbocycles. The summed E-state index contributed by atoms with van der Waals surface area (Å²) >= 11 is 0. The van der Waals surface area contributed by atoms with Crippen molar-refractivity contribution in [2.24, 2.45) is 0 Å². The van der Waals surface area contributed by atoms with Crippen molar-refractivity contribution in [2.75, 3.05) is 33.2 Å². The van der Waals surface area contributed by atoms with Crippen LogP contribution in [0.1, 0.15) is 23.7 Å². The lowest BCUT2D eigenvalue weighted by Gasteiger charge is -2.38. The van der Waals surface area contributed by atoms with Crippen molar-refractivity contribution in [3.8, 4) is 0 Å². The van der Waals surface area contributed by atoms with Gasteiger partial charge < -0.3 is 4.90 Å². The van der Waals surface area contributed by atoms with Gasteiger partial charge in [-0.1, -0.05) is 0 Å². The average molecular weight is 282 g/mol. The SMILES string of the molecule is CC1CN(C)CCN1CCC(=O)c1cc(F)cc(F)c1. The minimum atomic E-state index is -0.707. The third-order valence-electron chi connectivity index (χ3n) is 3.78. The van der Waals surface area contributed by atoms with Gasteiger partial charge in [-0.2, -0.15) is 0 Å². The van der Waals surface area contributed by atoms with E-state index < -0.39 is 11.6 Å². The number of rotatable bonds is 4. The summed E-state index contributed by atoms with van der Waals surface area (Å²) in [6.45, 7) is 5.63. The first kappa shape index (κ1) is 15.1. The van der Waals surface area contributed by atoms with Crippen LogP contribution in [-0.4, -0.2) is 54.9 Å². The molecule has 1 aliphatic rings. The fourth-order valence-corrected chi connectivity index (χ4v) is 2.61. The Kier molecular flexibility index (Phi) is 4.83. The maximum atomic E-state index is 13.1. The number of carbonyl (C=O) groups excluding carboxylic acids is 1. The molecule has 5 heteroatoms. The van der Waals surface area contributed by atoms with Crippen LogP contribution >= 0.6 is 0 Å². The molecule has 0 N–H and O–H groups in total. The Hall–Kier alpha value is -1.33. The Morgan fingerprint density at radius 2 is 1.90 bits per heavy atom. The standard InChI is InChI=1S/C15H20F2N2O/c1-11-10-18(2)5-6-19(11)4-3-15(20)12-7-13(16)9-14(17)8-12/h7-9,11H,3-6,10H2,1-2H3. The van der Waals surface area contributed by atoms with E-state index in [4.69, 9.17) is 0 Å². The Morgan fingerprint density at radius 1 is 1.25 bits per heavy atom. The Bertz CT molecular complexity index is 473. The van der Waals surface area contributed by atoms with Crippen LogP contribution < -0.4 is 0 Å². The molecule has 0 aromatic heterocycles. The zero-order valence-corrected chi connectivity index (χ0v) is 11.9. The second-order valence-electron chi connectivity index (χ2n) is 5.48. The number of nitrogens with zero attached hydrogens (tertiary/aromatic N) is 2. The predicted octanol–water partition coefficient (Wildman–Crippen LogP) is 2.17. The van der Waals surface area contributed by atoms with Crippen LogP contribution in [0.3, 0.4) is 0 Å². The summed E-state index contributed by atoms with van der Waals surface area (Å²) < 4.78 is 26.2. The molecule has 1 atom stereocenters. The third-order valence-corrected chi connectivity index (χ3v) is 3.78. The van der Waals surface area contributed by atoms with Gasteiger partial charge in [-0.15, -0.1) is 0 Å². The average Bonchev–Trinajstić information content (AvgIpc) is 2.36. The Balaban J connectivity index is 1.92. The second kappa shape index (κ2) is 6.41. The molecular formula is C15H20F2N2O. The van der Waals surface area contributed by atoms with Gasteiger partial charge in [-0.05, 0) is 26.1 Å². The number of hydrogen-bond donors (Lipinski definition) is 0. The highest BCUT2D eigenvalue weighted by molar-refractivity contribution is 5.96. The van der Waals surface area contributed by atoms with E-state index in [1.807, 2.05) is 0 Å². The molecule has 110 valence electrons. The molecule has 20 heavy (non-hydrogen) atoms. The minimum absolute atomic E-state index is 0.115. The number of hydrogen-bond acceptors (Lipinski definition) is 3. The van der Waals surface area contributed by atoms with Gasteiger partial charge in [0, 0.05) is 50.3 Å². The molecule has 1 saturated heterocycles. The van der Waals surface area contributed by atoms with E-state index >= 15 is 0 Å². The number of likely N-dealkylation sites (N-methyl/N-ethyl adjacent to an activating group) is 1. The molecule has 1 aromatic rings. The Labute approximate surface area is 118 Å². The highest BCUT2D eigenvalue weighted by Gasteiger charge is 2.22. The molecule has 1 aromatic carbocycles. The smallest absolute Gasteiger partial charge is 0.164 e. The van der Waals surface area contributed by atoms with E-state index in [2.05, 4.69) is 23.8 Å². The lowest BCUT2D eigenvalue weighted by atomic mass is 10.1. The zero-order chi connectivity index (χ0) is 14.7. The van der Waals surface area contributed by atoms with E-state index in [0.29, 0.717) is 12.6 Å². The van der Waals surface area contributed by atoms with Crippen LogP contribution in [0.15, 0.2) is 18.2 Å². The van der Waals surface area contributed by atoms with Crippen molar-refractivity contribution in [3.63, 3.8) is 0 Å². The lowest BCUT2D eigenvalue weighted by molar-refractivity contribution is 0.0842. The molecule has 1 unspecified atom stereocenters. The van der Waals surface area contributed by atoms with Crippen molar-refractivity contribution in [1.82, 2.24) is 9.80 Å². The quantitative estimate of drug-likeness (QED) is 0.791. The number of benzene rings is 1. The van der Waals surface area contributed by atoms with E-state index in [1.165, 1.54) is 0 Å². The molecule has 1 aliphatic heterocycles. The number of halogens is 2. The van der Waals surface area contributed by atoms with Crippen molar-refractivity contribution >= 4 is 5.78 Å². The van der Waals surface area contributed by atoms with Crippen LogP contribution in [0.4, 0.5) is 8.78 Å². The monoisotopic (exact) mass is 282 g/mol. The fourth-order valence-electron chi connectivity index (χ4n) is 2.61. The summed E-state index contributed by atoms with van der Waals surface area (Å²) in [6, 6.07) is 3.36. The summed E-state index contributed by atoms with van der Waals surface area (Å²) in [5.41, 5.74) is 0.115. The first-order valence-electron chi connectivity index (χ1n) is 6.87. The first-order chi connectivity index (χ1) is 9.45. The van der Waals surface area contributed by atoms with Crippen molar-refractivity contribution < 1.29 is 13.6 Å². The van der Waals surface area contributed by atoms with Gasteiger partial charge >= 0.3 is 0 Å². The maximum Gasteiger partial charge on any atom is 0.164 e. The van der Waals surface area contributed by atoms with E-state index in [-0.39, 0.29) is 17.8 Å². The van der Waals surface area contributed by atoms with Gasteiger partial charge in [-0.25, -0.2) is 8.78 Å². The second-order valence-corrected chi connectivity index (χ2v) is 5.48. The van der Waals surface area contributed by atoms with Crippen LogP contribution in [0.25, 0.3) is 0 Å². The molecule has 1 heterocycles. The predicted molar refractivity (Wildman–Crippen MR) is 73.8 cm³/mol. The molecule has 1 fully saturated rings. The lowest BCUT2D eigenvalue weighted by Crippen LogP contribution is -2.50. The van der Waals surface area contributed by atoms with Crippen LogP contribution in [0.2, 0.25) is 0 Å². The van der Waals surface area contributed by atoms with Crippen LogP contribution in [-0.2, 0) is 0 Å². The third kappa shape index (κ3) is 3.84. The first-order valence-corrected chi connectivity index (χ1v) is 6.87. The van der Waals surface area contributed by atoms with Gasteiger partial charge in [-0.3, -0.25) is 9.69 Å². The molecule has 2 rings (SSSR count). The van der Waals surface area contributed by atoms with Gasteiger partial charge in [0.25, 0.3) is 0 Å². The van der Waals surface area contributed by atoms with Crippen molar-refractivity contribution in [3.05, 3.63) is 35.4 Å². The summed E-state index contributed by atoms with van der Waals surface area (Å²) in [4.78, 5) is 16.5. The molecule has 0 saturated carbocycles. The van der Waals surface area contributed by atoms with Gasteiger partial charge in [0.1, 0.15) is 11.6 Å². The molecule has 0 amide bonds. The molecule has 3 nitrogen and oxygen atoms in total. The summed E-state index contributed by atoms with van der Waals surface area (Å²) in [5, 5.41) is 0. The van der Waals surface area contributed by atoms with Crippen LogP contribution in [0.5, 0.6) is 0 Å². The minimum Gasteiger partial charge on any atom is -0.304 e. The number of piperazine rings is 1. The highest BCUT2D eigenvalue weighted by Crippen LogP contribution is 2.13. The summed E-state index contributed by atoms with van der Waals surface area (Å²) in [5.74, 6) is -1.63. The molecule has 0 bridgehead atoms. The normalized spacial score (nSPS) is 21.1. The maximum absolute atomic E-state index is 13.1. The van der Waals surface area contributed by atoms with Gasteiger partial charge in [0.05, 0.1) is 0 Å². The van der Waals surface area contributed by atoms with E-state index in [9.17, 15) is 13.6 Å². The Morgan fingerprint density at radius 3 is 2.50 bits per heavy atom. The number of carbonyl (C=O) groups is 1. The molecule has 0 spiro atoms. The van der Waals surface area contributed by atoms with Crippen molar-refractivity contribution in [2.45, 2.75) is 19.4 Å². The molecule has 0 radical (unpaired) electrons. The zero-order valence-electron chi connectivity index (χ0n) is 11.9. The molecular weight excluding hydrogens is 262 g/mol. The van der Waals surface area contributed by atoms with Gasteiger partial charge in [0.2, 0.25) is 0 Å². The van der Waals surface area contributed by atoms with Gasteiger partial charge in [0.15, 0.2) is 5.78 Å². The van der Waals surface area contributed by atoms with E-state index in [1.54, 1.807) is 0 Å². The van der Waals surface area contributed by atoms with Crippen LogP contribution in [0, 0.1) is 11.6 Å². The summed E-state index contributed by atoms with van der Waals surface area (Å²) in [6.07, 6.45) is 0.289. The summed E-state index contributed by atoms with van der Waals surface area (Å²) in [7, 11) is 2.08.